The van der Waals surface area contributed by atoms with Crippen LogP contribution in [0, 0.1) is 0 Å². The van der Waals surface area contributed by atoms with Crippen molar-refractivity contribution < 1.29 is 9.47 Å². The van der Waals surface area contributed by atoms with Gasteiger partial charge in [0.2, 0.25) is 0 Å². The van der Waals surface area contributed by atoms with Gasteiger partial charge in [-0.1, -0.05) is 11.6 Å². The molecule has 0 aliphatic carbocycles. The fraction of sp³-hybridized carbons (Fsp3) is 0.444. The van der Waals surface area contributed by atoms with Gasteiger partial charge in [0.05, 0.1) is 37.5 Å². The summed E-state index contributed by atoms with van der Waals surface area (Å²) in [6, 6.07) is 5.71. The predicted octanol–water partition coefficient (Wildman–Crippen LogP) is 2.74. The van der Waals surface area contributed by atoms with Crippen molar-refractivity contribution in [2.45, 2.75) is 26.9 Å². The first-order valence-electron chi connectivity index (χ1n) is 8.57. The lowest BCUT2D eigenvalue weighted by molar-refractivity contribution is 0.311. The summed E-state index contributed by atoms with van der Waals surface area (Å²) in [7, 11) is 3.51. The van der Waals surface area contributed by atoms with Crippen molar-refractivity contribution in [3.05, 3.63) is 40.7 Å². The second-order valence-electron chi connectivity index (χ2n) is 5.54. The summed E-state index contributed by atoms with van der Waals surface area (Å²) in [4.78, 5) is 4.61. The van der Waals surface area contributed by atoms with Crippen LogP contribution in [-0.2, 0) is 20.1 Å². The summed E-state index contributed by atoms with van der Waals surface area (Å²) < 4.78 is 12.8. The zero-order chi connectivity index (χ0) is 18.9. The molecule has 0 saturated carbocycles. The highest BCUT2D eigenvalue weighted by Gasteiger charge is 2.11. The molecular formula is C18H26ClN5O2. The molecule has 1 aromatic heterocycles. The Morgan fingerprint density at radius 2 is 2.12 bits per heavy atom. The Labute approximate surface area is 159 Å². The molecule has 1 aromatic carbocycles. The van der Waals surface area contributed by atoms with Gasteiger partial charge in [0.25, 0.3) is 0 Å². The van der Waals surface area contributed by atoms with Crippen LogP contribution < -0.4 is 20.1 Å². The highest BCUT2D eigenvalue weighted by Crippen LogP contribution is 2.36. The number of nitrogens with zero attached hydrogens (tertiary/aromatic N) is 3. The van der Waals surface area contributed by atoms with Crippen LogP contribution in [0.2, 0.25) is 5.02 Å². The Balaban J connectivity index is 2.10. The van der Waals surface area contributed by atoms with E-state index < -0.39 is 0 Å². The van der Waals surface area contributed by atoms with E-state index in [9.17, 15) is 0 Å². The summed E-state index contributed by atoms with van der Waals surface area (Å²) in [6.45, 7) is 6.32. The van der Waals surface area contributed by atoms with Crippen LogP contribution in [0.1, 0.15) is 25.1 Å². The maximum atomic E-state index is 6.32. The predicted molar refractivity (Wildman–Crippen MR) is 104 cm³/mol. The van der Waals surface area contributed by atoms with Gasteiger partial charge in [-0.2, -0.15) is 5.10 Å². The van der Waals surface area contributed by atoms with Crippen LogP contribution in [-0.4, -0.2) is 36.0 Å². The standard InChI is InChI=1S/C18H26ClN5O2/c1-5-20-18(22-12-14-7-8-23-24(14)3)21-11-13-9-15(19)17(26-6-2)16(10-13)25-4/h7-10H,5-6,11-12H2,1-4H3,(H2,20,21,22). The summed E-state index contributed by atoms with van der Waals surface area (Å²) in [6.07, 6.45) is 1.77. The molecule has 1 heterocycles. The van der Waals surface area contributed by atoms with E-state index in [0.717, 1.165) is 23.8 Å². The van der Waals surface area contributed by atoms with Gasteiger partial charge in [0.15, 0.2) is 17.5 Å². The SMILES string of the molecule is CCNC(=NCc1cc(Cl)c(OCC)c(OC)c1)NCc1ccnn1C. The van der Waals surface area contributed by atoms with E-state index in [0.29, 0.717) is 36.2 Å². The average molecular weight is 380 g/mol. The van der Waals surface area contributed by atoms with Gasteiger partial charge in [0, 0.05) is 19.8 Å². The Bertz CT molecular complexity index is 745. The molecule has 7 nitrogen and oxygen atoms in total. The summed E-state index contributed by atoms with van der Waals surface area (Å²) in [5, 5.41) is 11.2. The van der Waals surface area contributed by atoms with Crippen molar-refractivity contribution in [2.75, 3.05) is 20.3 Å². The number of aromatic nitrogens is 2. The minimum absolute atomic E-state index is 0.462. The first-order valence-corrected chi connectivity index (χ1v) is 8.95. The van der Waals surface area contributed by atoms with Crippen LogP contribution in [0.5, 0.6) is 11.5 Å². The van der Waals surface area contributed by atoms with Gasteiger partial charge in [-0.15, -0.1) is 0 Å². The molecule has 26 heavy (non-hydrogen) atoms. The molecule has 2 N–H and O–H groups in total. The summed E-state index contributed by atoms with van der Waals surface area (Å²) in [5.41, 5.74) is 2.01. The first kappa shape index (κ1) is 19.9. The van der Waals surface area contributed by atoms with E-state index >= 15 is 0 Å². The number of aryl methyl sites for hydroxylation is 1. The number of nitrogens with one attached hydrogen (secondary N) is 2. The largest absolute Gasteiger partial charge is 0.493 e. The third kappa shape index (κ3) is 5.29. The normalized spacial score (nSPS) is 11.3. The highest BCUT2D eigenvalue weighted by atomic mass is 35.5. The minimum Gasteiger partial charge on any atom is -0.493 e. The lowest BCUT2D eigenvalue weighted by Crippen LogP contribution is -2.37. The number of guanidine groups is 1. The lowest BCUT2D eigenvalue weighted by Gasteiger charge is -2.14. The molecule has 0 spiro atoms. The van der Waals surface area contributed by atoms with E-state index in [1.165, 1.54) is 0 Å². The van der Waals surface area contributed by atoms with Gasteiger partial charge in [-0.25, -0.2) is 4.99 Å². The topological polar surface area (TPSA) is 72.7 Å². The van der Waals surface area contributed by atoms with E-state index in [1.54, 1.807) is 13.3 Å². The number of rotatable bonds is 8. The number of aliphatic imine (C=N–C) groups is 1. The second-order valence-corrected chi connectivity index (χ2v) is 5.94. The Morgan fingerprint density at radius 1 is 1.31 bits per heavy atom. The molecule has 0 fully saturated rings. The molecule has 0 radical (unpaired) electrons. The zero-order valence-electron chi connectivity index (χ0n) is 15.7. The second kappa shape index (κ2) is 9.91. The smallest absolute Gasteiger partial charge is 0.191 e. The molecule has 142 valence electrons. The van der Waals surface area contributed by atoms with Crippen LogP contribution >= 0.6 is 11.6 Å². The molecule has 2 rings (SSSR count). The highest BCUT2D eigenvalue weighted by molar-refractivity contribution is 6.32. The molecular weight excluding hydrogens is 354 g/mol. The van der Waals surface area contributed by atoms with Crippen LogP contribution in [0.3, 0.4) is 0 Å². The third-order valence-corrected chi connectivity index (χ3v) is 3.98. The summed E-state index contributed by atoms with van der Waals surface area (Å²) >= 11 is 6.32. The summed E-state index contributed by atoms with van der Waals surface area (Å²) in [5.74, 6) is 1.89. The molecule has 0 unspecified atom stereocenters. The molecule has 0 aliphatic heterocycles. The van der Waals surface area contributed by atoms with Crippen molar-refractivity contribution in [2.24, 2.45) is 12.0 Å². The number of hydrogen-bond acceptors (Lipinski definition) is 4. The Kier molecular flexibility index (Phi) is 7.59. The van der Waals surface area contributed by atoms with E-state index in [2.05, 4.69) is 20.7 Å². The molecule has 8 heteroatoms. The number of hydrogen-bond donors (Lipinski definition) is 2. The fourth-order valence-corrected chi connectivity index (χ4v) is 2.70. The Hall–Kier alpha value is -2.41. The van der Waals surface area contributed by atoms with Gasteiger partial charge < -0.3 is 20.1 Å². The molecule has 0 saturated heterocycles. The van der Waals surface area contributed by atoms with Crippen molar-refractivity contribution in [3.8, 4) is 11.5 Å². The first-order chi connectivity index (χ1) is 12.6. The van der Waals surface area contributed by atoms with Gasteiger partial charge in [-0.05, 0) is 37.6 Å². The van der Waals surface area contributed by atoms with Gasteiger partial charge in [0.1, 0.15) is 0 Å². The van der Waals surface area contributed by atoms with Crippen LogP contribution in [0.4, 0.5) is 0 Å². The Morgan fingerprint density at radius 3 is 2.73 bits per heavy atom. The maximum absolute atomic E-state index is 6.32. The lowest BCUT2D eigenvalue weighted by atomic mass is 10.2. The van der Waals surface area contributed by atoms with Crippen molar-refractivity contribution in [3.63, 3.8) is 0 Å². The average Bonchev–Trinajstić information content (AvgIpc) is 3.04. The monoisotopic (exact) mass is 379 g/mol. The number of ether oxygens (including phenoxy) is 2. The van der Waals surface area contributed by atoms with Crippen LogP contribution in [0.25, 0.3) is 0 Å². The zero-order valence-corrected chi connectivity index (χ0v) is 16.4. The van der Waals surface area contributed by atoms with E-state index in [-0.39, 0.29) is 0 Å². The van der Waals surface area contributed by atoms with Crippen LogP contribution in [0.15, 0.2) is 29.4 Å². The fourth-order valence-electron chi connectivity index (χ4n) is 2.41. The molecule has 0 bridgehead atoms. The third-order valence-electron chi connectivity index (χ3n) is 3.70. The van der Waals surface area contributed by atoms with Gasteiger partial charge in [-0.3, -0.25) is 4.68 Å². The quantitative estimate of drug-likeness (QED) is 0.545. The number of methoxy groups -OCH3 is 1. The molecule has 0 aliphatic rings. The van der Waals surface area contributed by atoms with Crippen molar-refractivity contribution in [1.82, 2.24) is 20.4 Å². The van der Waals surface area contributed by atoms with Crippen molar-refractivity contribution >= 4 is 17.6 Å². The molecule has 2 aromatic rings. The minimum atomic E-state index is 0.462. The van der Waals surface area contributed by atoms with Crippen molar-refractivity contribution in [1.29, 1.82) is 0 Å². The number of benzene rings is 1. The van der Waals surface area contributed by atoms with Gasteiger partial charge >= 0.3 is 0 Å². The molecule has 0 amide bonds. The number of halogens is 1. The maximum Gasteiger partial charge on any atom is 0.191 e. The van der Waals surface area contributed by atoms with E-state index in [1.807, 2.05) is 43.8 Å². The molecule has 0 atom stereocenters. The van der Waals surface area contributed by atoms with E-state index in [4.69, 9.17) is 21.1 Å².